The quantitative estimate of drug-likeness (QED) is 0.695. The largest absolute Gasteiger partial charge is 0.354 e. The lowest BCUT2D eigenvalue weighted by atomic mass is 9.86. The first-order valence-corrected chi connectivity index (χ1v) is 9.89. The highest BCUT2D eigenvalue weighted by atomic mass is 35.5. The minimum Gasteiger partial charge on any atom is -0.354 e. The van der Waals surface area contributed by atoms with Crippen molar-refractivity contribution in [2.45, 2.75) is 23.3 Å². The number of hydrogen-bond donors (Lipinski definition) is 3. The van der Waals surface area contributed by atoms with E-state index in [1.54, 1.807) is 36.0 Å². The summed E-state index contributed by atoms with van der Waals surface area (Å²) in [6.07, 6.45) is 2.37. The van der Waals surface area contributed by atoms with E-state index in [-0.39, 0.29) is 23.9 Å². The Morgan fingerprint density at radius 3 is 2.50 bits per heavy atom. The molecule has 1 fully saturated rings. The van der Waals surface area contributed by atoms with Crippen molar-refractivity contribution >= 4 is 41.0 Å². The molecular formula is C19H20ClN3O2S. The van der Waals surface area contributed by atoms with Crippen LogP contribution in [0.5, 0.6) is 0 Å². The van der Waals surface area contributed by atoms with Crippen molar-refractivity contribution in [1.29, 1.82) is 0 Å². The molecule has 0 saturated carbocycles. The maximum atomic E-state index is 12.4. The molecule has 2 aromatic carbocycles. The van der Waals surface area contributed by atoms with Crippen LogP contribution >= 0.6 is 23.4 Å². The number of carbonyl (C=O) groups is 2. The van der Waals surface area contributed by atoms with E-state index in [2.05, 4.69) is 16.0 Å². The van der Waals surface area contributed by atoms with Crippen LogP contribution in [0.15, 0.2) is 53.4 Å². The Kier molecular flexibility index (Phi) is 6.06. The number of amides is 3. The molecule has 0 aromatic heterocycles. The highest BCUT2D eigenvalue weighted by Gasteiger charge is 2.31. The van der Waals surface area contributed by atoms with Crippen LogP contribution in [-0.2, 0) is 4.79 Å². The Bertz CT molecular complexity index is 780. The summed E-state index contributed by atoms with van der Waals surface area (Å²) in [5.74, 6) is -0.0595. The van der Waals surface area contributed by atoms with Gasteiger partial charge < -0.3 is 16.0 Å². The summed E-state index contributed by atoms with van der Waals surface area (Å²) in [6, 6.07) is 14.6. The number of nitrogens with one attached hydrogen (secondary N) is 3. The molecule has 2 aromatic rings. The number of halogens is 1. The third-order valence-electron chi connectivity index (χ3n) is 4.37. The van der Waals surface area contributed by atoms with Crippen LogP contribution < -0.4 is 16.0 Å². The van der Waals surface area contributed by atoms with Crippen molar-refractivity contribution in [2.24, 2.45) is 0 Å². The smallest absolute Gasteiger partial charge is 0.319 e. The Balaban J connectivity index is 1.69. The highest BCUT2D eigenvalue weighted by Crippen LogP contribution is 2.28. The number of anilines is 1. The summed E-state index contributed by atoms with van der Waals surface area (Å²) < 4.78 is 0. The normalized spacial score (nSPS) is 19.5. The van der Waals surface area contributed by atoms with Crippen molar-refractivity contribution in [3.63, 3.8) is 0 Å². The van der Waals surface area contributed by atoms with Gasteiger partial charge in [-0.15, -0.1) is 11.8 Å². The first-order valence-electron chi connectivity index (χ1n) is 8.29. The average Bonchev–Trinajstić information content (AvgIpc) is 2.65. The molecule has 26 heavy (non-hydrogen) atoms. The lowest BCUT2D eigenvalue weighted by Crippen LogP contribution is -2.52. The maximum absolute atomic E-state index is 12.4. The first-order chi connectivity index (χ1) is 12.5. The highest BCUT2D eigenvalue weighted by molar-refractivity contribution is 7.98. The van der Waals surface area contributed by atoms with Gasteiger partial charge in [0.1, 0.15) is 0 Å². The third-order valence-corrected chi connectivity index (χ3v) is 5.37. The number of rotatable bonds is 4. The van der Waals surface area contributed by atoms with Crippen LogP contribution in [0.3, 0.4) is 0 Å². The fraction of sp³-hybridized carbons (Fsp3) is 0.263. The van der Waals surface area contributed by atoms with E-state index in [9.17, 15) is 9.59 Å². The predicted molar refractivity (Wildman–Crippen MR) is 106 cm³/mol. The molecule has 3 N–H and O–H groups in total. The zero-order chi connectivity index (χ0) is 18.5. The summed E-state index contributed by atoms with van der Waals surface area (Å²) in [7, 11) is 0. The van der Waals surface area contributed by atoms with Crippen LogP contribution in [0, 0.1) is 0 Å². The summed E-state index contributed by atoms with van der Waals surface area (Å²) in [4.78, 5) is 25.4. The van der Waals surface area contributed by atoms with Gasteiger partial charge in [-0.1, -0.05) is 23.7 Å². The molecule has 1 aliphatic rings. The van der Waals surface area contributed by atoms with E-state index in [0.29, 0.717) is 23.7 Å². The molecule has 3 amide bonds. The minimum atomic E-state index is -0.306. The Morgan fingerprint density at radius 2 is 1.85 bits per heavy atom. The Hall–Kier alpha value is -2.18. The van der Waals surface area contributed by atoms with Gasteiger partial charge in [0.15, 0.2) is 0 Å². The van der Waals surface area contributed by atoms with E-state index in [0.717, 1.165) is 5.56 Å². The van der Waals surface area contributed by atoms with E-state index in [1.807, 2.05) is 30.5 Å². The average molecular weight is 390 g/mol. The van der Waals surface area contributed by atoms with E-state index in [4.69, 9.17) is 11.6 Å². The van der Waals surface area contributed by atoms with E-state index < -0.39 is 0 Å². The van der Waals surface area contributed by atoms with Crippen molar-refractivity contribution in [3.8, 4) is 0 Å². The monoisotopic (exact) mass is 389 g/mol. The second-order valence-electron chi connectivity index (χ2n) is 6.10. The van der Waals surface area contributed by atoms with Crippen LogP contribution in [-0.4, -0.2) is 30.8 Å². The molecule has 3 rings (SSSR count). The van der Waals surface area contributed by atoms with Gasteiger partial charge in [0.2, 0.25) is 5.91 Å². The SMILES string of the molecule is CSc1ccc(C2CC(=O)NCC2NC(=O)Nc2ccc(Cl)cc2)cc1. The number of piperidine rings is 1. The predicted octanol–water partition coefficient (Wildman–Crippen LogP) is 3.86. The van der Waals surface area contributed by atoms with Gasteiger partial charge in [0.05, 0.1) is 6.04 Å². The summed E-state index contributed by atoms with van der Waals surface area (Å²) in [6.45, 7) is 0.405. The topological polar surface area (TPSA) is 70.2 Å². The van der Waals surface area contributed by atoms with Gasteiger partial charge in [-0.05, 0) is 48.2 Å². The van der Waals surface area contributed by atoms with Gasteiger partial charge in [0, 0.05) is 34.5 Å². The van der Waals surface area contributed by atoms with Gasteiger partial charge in [-0.2, -0.15) is 0 Å². The van der Waals surface area contributed by atoms with Gasteiger partial charge >= 0.3 is 6.03 Å². The van der Waals surface area contributed by atoms with Crippen molar-refractivity contribution in [2.75, 3.05) is 18.1 Å². The zero-order valence-corrected chi connectivity index (χ0v) is 15.9. The first kappa shape index (κ1) is 18.6. The van der Waals surface area contributed by atoms with Crippen molar-refractivity contribution in [3.05, 3.63) is 59.1 Å². The molecule has 1 heterocycles. The number of thioether (sulfide) groups is 1. The van der Waals surface area contributed by atoms with Gasteiger partial charge in [0.25, 0.3) is 0 Å². The molecule has 1 aliphatic heterocycles. The van der Waals surface area contributed by atoms with Gasteiger partial charge in [-0.3, -0.25) is 4.79 Å². The number of carbonyl (C=O) groups excluding carboxylic acids is 2. The lowest BCUT2D eigenvalue weighted by molar-refractivity contribution is -0.123. The Morgan fingerprint density at radius 1 is 1.15 bits per heavy atom. The number of benzene rings is 2. The fourth-order valence-corrected chi connectivity index (χ4v) is 3.54. The molecule has 0 radical (unpaired) electrons. The van der Waals surface area contributed by atoms with Crippen molar-refractivity contribution in [1.82, 2.24) is 10.6 Å². The molecule has 1 saturated heterocycles. The van der Waals surface area contributed by atoms with E-state index in [1.165, 1.54) is 4.90 Å². The fourth-order valence-electron chi connectivity index (χ4n) is 3.00. The second kappa shape index (κ2) is 8.47. The number of hydrogen-bond acceptors (Lipinski definition) is 3. The lowest BCUT2D eigenvalue weighted by Gasteiger charge is -2.32. The molecule has 2 atom stereocenters. The summed E-state index contributed by atoms with van der Waals surface area (Å²) in [5.41, 5.74) is 1.71. The molecule has 136 valence electrons. The van der Waals surface area contributed by atoms with Crippen LogP contribution in [0.1, 0.15) is 17.9 Å². The van der Waals surface area contributed by atoms with Crippen LogP contribution in [0.25, 0.3) is 0 Å². The van der Waals surface area contributed by atoms with E-state index >= 15 is 0 Å². The summed E-state index contributed by atoms with van der Waals surface area (Å²) in [5, 5.41) is 9.21. The minimum absolute atomic E-state index is 0.0000949. The second-order valence-corrected chi connectivity index (χ2v) is 7.42. The maximum Gasteiger partial charge on any atom is 0.319 e. The molecule has 0 aliphatic carbocycles. The van der Waals surface area contributed by atoms with Gasteiger partial charge in [-0.25, -0.2) is 4.79 Å². The molecule has 0 spiro atoms. The third kappa shape index (κ3) is 4.71. The molecular weight excluding hydrogens is 370 g/mol. The number of urea groups is 1. The molecule has 0 bridgehead atoms. The Labute approximate surface area is 161 Å². The molecule has 5 nitrogen and oxygen atoms in total. The molecule has 7 heteroatoms. The molecule has 2 unspecified atom stereocenters. The standard InChI is InChI=1S/C19H20ClN3O2S/c1-26-15-8-2-12(3-9-15)16-10-18(24)21-11-17(16)23-19(25)22-14-6-4-13(20)5-7-14/h2-9,16-17H,10-11H2,1H3,(H,21,24)(H2,22,23,25). The van der Waals surface area contributed by atoms with Crippen molar-refractivity contribution < 1.29 is 9.59 Å². The van der Waals surface area contributed by atoms with Crippen LogP contribution in [0.2, 0.25) is 5.02 Å². The zero-order valence-electron chi connectivity index (χ0n) is 14.3. The van der Waals surface area contributed by atoms with Crippen LogP contribution in [0.4, 0.5) is 10.5 Å². The summed E-state index contributed by atoms with van der Waals surface area (Å²) >= 11 is 7.53.